The Morgan fingerprint density at radius 2 is 1.90 bits per heavy atom. The van der Waals surface area contributed by atoms with E-state index in [1.807, 2.05) is 18.2 Å². The summed E-state index contributed by atoms with van der Waals surface area (Å²) >= 11 is 6.18. The normalized spacial score (nSPS) is 14.4. The first-order valence-corrected chi connectivity index (χ1v) is 7.50. The Hall–Kier alpha value is -2.00. The lowest BCUT2D eigenvalue weighted by molar-refractivity contribution is 0.0988. The van der Waals surface area contributed by atoms with E-state index < -0.39 is 0 Å². The number of fused-ring (bicyclic) bond motifs is 1. The third kappa shape index (κ3) is 2.61. The summed E-state index contributed by atoms with van der Waals surface area (Å²) in [6.45, 7) is 0.695. The van der Waals surface area contributed by atoms with Crippen molar-refractivity contribution in [2.45, 2.75) is 19.3 Å². The summed E-state index contributed by atoms with van der Waals surface area (Å²) in [4.78, 5) is 14.7. The Kier molecular flexibility index (Phi) is 3.84. The Bertz CT molecular complexity index is 664. The zero-order chi connectivity index (χ0) is 14.8. The fourth-order valence-electron chi connectivity index (χ4n) is 2.80. The fraction of sp³-hybridized carbons (Fsp3) is 0.235. The van der Waals surface area contributed by atoms with Gasteiger partial charge < -0.3 is 10.6 Å². The largest absolute Gasteiger partial charge is 0.398 e. The van der Waals surface area contributed by atoms with Gasteiger partial charge in [0.2, 0.25) is 0 Å². The number of rotatable bonds is 1. The average Bonchev–Trinajstić information content (AvgIpc) is 2.69. The van der Waals surface area contributed by atoms with Crippen molar-refractivity contribution in [2.75, 3.05) is 17.2 Å². The van der Waals surface area contributed by atoms with Crippen LogP contribution in [0.1, 0.15) is 28.8 Å². The van der Waals surface area contributed by atoms with Gasteiger partial charge in [0.05, 0.1) is 10.6 Å². The first-order chi connectivity index (χ1) is 10.2. The highest BCUT2D eigenvalue weighted by molar-refractivity contribution is 6.35. The van der Waals surface area contributed by atoms with Crippen molar-refractivity contribution in [1.29, 1.82) is 0 Å². The maximum absolute atomic E-state index is 12.9. The molecule has 0 bridgehead atoms. The predicted octanol–water partition coefficient (Wildman–Crippen LogP) is 3.91. The van der Waals surface area contributed by atoms with Crippen LogP contribution in [0.3, 0.4) is 0 Å². The number of nitrogens with zero attached hydrogens (tertiary/aromatic N) is 1. The molecule has 2 aromatic carbocycles. The van der Waals surface area contributed by atoms with E-state index in [-0.39, 0.29) is 5.91 Å². The lowest BCUT2D eigenvalue weighted by Gasteiger charge is -2.24. The average molecular weight is 301 g/mol. The second kappa shape index (κ2) is 5.78. The van der Waals surface area contributed by atoms with E-state index in [0.29, 0.717) is 22.8 Å². The molecule has 0 aliphatic carbocycles. The van der Waals surface area contributed by atoms with Crippen molar-refractivity contribution in [3.8, 4) is 0 Å². The molecule has 0 unspecified atom stereocenters. The molecular formula is C17H17ClN2O. The second-order valence-electron chi connectivity index (χ2n) is 5.25. The van der Waals surface area contributed by atoms with Crippen LogP contribution in [0.25, 0.3) is 0 Å². The summed E-state index contributed by atoms with van der Waals surface area (Å²) in [7, 11) is 0. The zero-order valence-corrected chi connectivity index (χ0v) is 12.4. The van der Waals surface area contributed by atoms with Gasteiger partial charge in [0, 0.05) is 17.9 Å². The minimum atomic E-state index is -0.118. The van der Waals surface area contributed by atoms with E-state index in [9.17, 15) is 4.79 Å². The molecular weight excluding hydrogens is 284 g/mol. The van der Waals surface area contributed by atoms with Gasteiger partial charge in [-0.05, 0) is 43.0 Å². The topological polar surface area (TPSA) is 46.3 Å². The summed E-state index contributed by atoms with van der Waals surface area (Å²) in [5, 5.41) is 0.404. The third-order valence-corrected chi connectivity index (χ3v) is 4.18. The van der Waals surface area contributed by atoms with Crippen LogP contribution in [-0.2, 0) is 6.42 Å². The number of amides is 1. The molecule has 0 spiro atoms. The molecule has 0 saturated carbocycles. The van der Waals surface area contributed by atoms with Crippen molar-refractivity contribution >= 4 is 28.9 Å². The van der Waals surface area contributed by atoms with Crippen LogP contribution < -0.4 is 10.6 Å². The first-order valence-electron chi connectivity index (χ1n) is 7.12. The van der Waals surface area contributed by atoms with Crippen LogP contribution in [0.2, 0.25) is 5.02 Å². The molecule has 0 fully saturated rings. The number of nitrogens with two attached hydrogens (primary N) is 1. The number of halogens is 1. The summed E-state index contributed by atoms with van der Waals surface area (Å²) in [6, 6.07) is 13.2. The number of hydrogen-bond donors (Lipinski definition) is 1. The van der Waals surface area contributed by atoms with Crippen LogP contribution in [0.15, 0.2) is 42.5 Å². The van der Waals surface area contributed by atoms with Crippen LogP contribution in [0.5, 0.6) is 0 Å². The lowest BCUT2D eigenvalue weighted by Crippen LogP contribution is -2.32. The van der Waals surface area contributed by atoms with Crippen molar-refractivity contribution in [2.24, 2.45) is 0 Å². The van der Waals surface area contributed by atoms with E-state index in [4.69, 9.17) is 17.3 Å². The summed E-state index contributed by atoms with van der Waals surface area (Å²) in [5.41, 5.74) is 8.95. The molecule has 0 saturated heterocycles. The Balaban J connectivity index is 2.06. The number of para-hydroxylation sites is 1. The van der Waals surface area contributed by atoms with Gasteiger partial charge >= 0.3 is 0 Å². The van der Waals surface area contributed by atoms with E-state index in [2.05, 4.69) is 6.07 Å². The van der Waals surface area contributed by atoms with Crippen LogP contribution in [0.4, 0.5) is 11.4 Å². The monoisotopic (exact) mass is 300 g/mol. The summed E-state index contributed by atoms with van der Waals surface area (Å²) in [5.74, 6) is -0.118. The standard InChI is InChI=1S/C17H17ClN2O/c18-13-8-5-9-14(19)16(13)17(21)20-11-4-3-7-12-6-1-2-10-15(12)20/h1-2,5-6,8-10H,3-4,7,11,19H2. The number of nitrogen functional groups attached to an aromatic ring is 1. The minimum absolute atomic E-state index is 0.118. The molecule has 3 nitrogen and oxygen atoms in total. The molecule has 1 amide bonds. The van der Waals surface area contributed by atoms with Gasteiger partial charge in [0.1, 0.15) is 0 Å². The fourth-order valence-corrected chi connectivity index (χ4v) is 3.07. The number of carbonyl (C=O) groups is 1. The third-order valence-electron chi connectivity index (χ3n) is 3.87. The minimum Gasteiger partial charge on any atom is -0.398 e. The SMILES string of the molecule is Nc1cccc(Cl)c1C(=O)N1CCCCc2ccccc21. The van der Waals surface area contributed by atoms with Gasteiger partial charge in [0.15, 0.2) is 0 Å². The quantitative estimate of drug-likeness (QED) is 0.812. The van der Waals surface area contributed by atoms with Gasteiger partial charge in [-0.2, -0.15) is 0 Å². The van der Waals surface area contributed by atoms with Gasteiger partial charge in [-0.25, -0.2) is 0 Å². The van der Waals surface area contributed by atoms with Crippen LogP contribution >= 0.6 is 11.6 Å². The predicted molar refractivity (Wildman–Crippen MR) is 86.9 cm³/mol. The van der Waals surface area contributed by atoms with Gasteiger partial charge in [-0.15, -0.1) is 0 Å². The molecule has 2 N–H and O–H groups in total. The summed E-state index contributed by atoms with van der Waals surface area (Å²) in [6.07, 6.45) is 3.06. The smallest absolute Gasteiger partial charge is 0.261 e. The molecule has 3 rings (SSSR count). The maximum atomic E-state index is 12.9. The van der Waals surface area contributed by atoms with Crippen molar-refractivity contribution in [3.63, 3.8) is 0 Å². The highest BCUT2D eigenvalue weighted by Gasteiger charge is 2.25. The van der Waals surface area contributed by atoms with Crippen LogP contribution in [-0.4, -0.2) is 12.5 Å². The van der Waals surface area contributed by atoms with E-state index in [0.717, 1.165) is 24.9 Å². The van der Waals surface area contributed by atoms with Gasteiger partial charge in [-0.1, -0.05) is 35.9 Å². The molecule has 1 aliphatic heterocycles. The molecule has 0 aromatic heterocycles. The molecule has 0 radical (unpaired) electrons. The van der Waals surface area contributed by atoms with E-state index in [1.165, 1.54) is 5.56 Å². The van der Waals surface area contributed by atoms with E-state index in [1.54, 1.807) is 23.1 Å². The molecule has 21 heavy (non-hydrogen) atoms. The Morgan fingerprint density at radius 1 is 1.10 bits per heavy atom. The number of anilines is 2. The number of carbonyl (C=O) groups excluding carboxylic acids is 1. The first kappa shape index (κ1) is 14.0. The molecule has 0 atom stereocenters. The van der Waals surface area contributed by atoms with Crippen molar-refractivity contribution in [1.82, 2.24) is 0 Å². The van der Waals surface area contributed by atoms with Crippen LogP contribution in [0, 0.1) is 0 Å². The number of aryl methyl sites for hydroxylation is 1. The van der Waals surface area contributed by atoms with Gasteiger partial charge in [0.25, 0.3) is 5.91 Å². The second-order valence-corrected chi connectivity index (χ2v) is 5.65. The van der Waals surface area contributed by atoms with Gasteiger partial charge in [-0.3, -0.25) is 4.79 Å². The summed E-state index contributed by atoms with van der Waals surface area (Å²) < 4.78 is 0. The molecule has 2 aromatic rings. The van der Waals surface area contributed by atoms with E-state index >= 15 is 0 Å². The Labute approximate surface area is 129 Å². The zero-order valence-electron chi connectivity index (χ0n) is 11.7. The molecule has 108 valence electrons. The molecule has 1 heterocycles. The highest BCUT2D eigenvalue weighted by Crippen LogP contribution is 2.30. The lowest BCUT2D eigenvalue weighted by atomic mass is 10.1. The number of benzene rings is 2. The maximum Gasteiger partial charge on any atom is 0.261 e. The Morgan fingerprint density at radius 3 is 2.71 bits per heavy atom. The van der Waals surface area contributed by atoms with Crippen molar-refractivity contribution in [3.05, 3.63) is 58.6 Å². The molecule has 1 aliphatic rings. The van der Waals surface area contributed by atoms with Crippen molar-refractivity contribution < 1.29 is 4.79 Å². The highest BCUT2D eigenvalue weighted by atomic mass is 35.5. The molecule has 4 heteroatoms. The number of hydrogen-bond acceptors (Lipinski definition) is 2.